The second-order valence-corrected chi connectivity index (χ2v) is 6.61. The SMILES string of the molecule is CN(C)c1ccc(C(=O)N/C(=C/C=C/c2ccccc2)c2ccccc2)cc1. The Morgan fingerprint density at radius 1 is 0.786 bits per heavy atom. The summed E-state index contributed by atoms with van der Waals surface area (Å²) >= 11 is 0. The molecule has 0 saturated carbocycles. The summed E-state index contributed by atoms with van der Waals surface area (Å²) in [5.74, 6) is -0.131. The number of carbonyl (C=O) groups is 1. The molecule has 0 fully saturated rings. The van der Waals surface area contributed by atoms with Gasteiger partial charge >= 0.3 is 0 Å². The molecular formula is C25H24N2O. The second kappa shape index (κ2) is 9.38. The molecule has 3 nitrogen and oxygen atoms in total. The van der Waals surface area contributed by atoms with Gasteiger partial charge in [0.25, 0.3) is 5.91 Å². The molecule has 1 N–H and O–H groups in total. The molecule has 0 atom stereocenters. The fourth-order valence-electron chi connectivity index (χ4n) is 2.75. The van der Waals surface area contributed by atoms with E-state index in [0.29, 0.717) is 5.56 Å². The standard InChI is InChI=1S/C25H24N2O/c1-27(2)23-18-16-22(17-19-23)25(28)26-24(21-13-7-4-8-14-21)15-9-12-20-10-5-3-6-11-20/h3-19H,1-2H3,(H,26,28)/b12-9+,24-15+. The van der Waals surface area contributed by atoms with Crippen molar-refractivity contribution in [3.8, 4) is 0 Å². The number of nitrogens with one attached hydrogen (secondary N) is 1. The van der Waals surface area contributed by atoms with Crippen molar-refractivity contribution >= 4 is 23.4 Å². The molecule has 0 unspecified atom stereocenters. The molecule has 0 bridgehead atoms. The van der Waals surface area contributed by atoms with Gasteiger partial charge < -0.3 is 10.2 Å². The fraction of sp³-hybridized carbons (Fsp3) is 0.0800. The first-order valence-electron chi connectivity index (χ1n) is 9.21. The van der Waals surface area contributed by atoms with E-state index in [4.69, 9.17) is 0 Å². The number of hydrogen-bond donors (Lipinski definition) is 1. The Morgan fingerprint density at radius 2 is 1.39 bits per heavy atom. The van der Waals surface area contributed by atoms with Crippen molar-refractivity contribution in [2.24, 2.45) is 0 Å². The number of carbonyl (C=O) groups excluding carboxylic acids is 1. The van der Waals surface area contributed by atoms with Crippen LogP contribution in [0.4, 0.5) is 5.69 Å². The van der Waals surface area contributed by atoms with Crippen LogP contribution in [0, 0.1) is 0 Å². The van der Waals surface area contributed by atoms with Gasteiger partial charge in [-0.05, 0) is 41.5 Å². The minimum atomic E-state index is -0.131. The number of rotatable bonds is 6. The van der Waals surface area contributed by atoms with Crippen molar-refractivity contribution in [2.75, 3.05) is 19.0 Å². The van der Waals surface area contributed by atoms with Gasteiger partial charge in [-0.15, -0.1) is 0 Å². The van der Waals surface area contributed by atoms with E-state index in [1.807, 2.05) is 122 Å². The maximum absolute atomic E-state index is 12.8. The van der Waals surface area contributed by atoms with Gasteiger partial charge in [0.2, 0.25) is 0 Å². The van der Waals surface area contributed by atoms with E-state index in [0.717, 1.165) is 22.5 Å². The van der Waals surface area contributed by atoms with Crippen LogP contribution in [-0.4, -0.2) is 20.0 Å². The molecule has 140 valence electrons. The van der Waals surface area contributed by atoms with Gasteiger partial charge in [0.1, 0.15) is 0 Å². The molecule has 1 amide bonds. The zero-order chi connectivity index (χ0) is 19.8. The molecule has 3 aromatic rings. The molecule has 0 spiro atoms. The van der Waals surface area contributed by atoms with Crippen molar-refractivity contribution in [1.82, 2.24) is 5.32 Å². The molecule has 3 heteroatoms. The number of amides is 1. The van der Waals surface area contributed by atoms with Gasteiger partial charge in [0.05, 0.1) is 0 Å². The lowest BCUT2D eigenvalue weighted by Crippen LogP contribution is -2.22. The first-order chi connectivity index (χ1) is 13.6. The molecule has 0 aromatic heterocycles. The van der Waals surface area contributed by atoms with Crippen LogP contribution in [0.1, 0.15) is 21.5 Å². The highest BCUT2D eigenvalue weighted by Crippen LogP contribution is 2.15. The summed E-state index contributed by atoms with van der Waals surface area (Å²) in [6.07, 6.45) is 5.89. The highest BCUT2D eigenvalue weighted by atomic mass is 16.1. The first kappa shape index (κ1) is 19.2. The van der Waals surface area contributed by atoms with Gasteiger partial charge in [-0.25, -0.2) is 0 Å². The number of nitrogens with zero attached hydrogens (tertiary/aromatic N) is 1. The lowest BCUT2D eigenvalue weighted by molar-refractivity contribution is 0.0973. The summed E-state index contributed by atoms with van der Waals surface area (Å²) in [4.78, 5) is 14.8. The smallest absolute Gasteiger partial charge is 0.255 e. The summed E-state index contributed by atoms with van der Waals surface area (Å²) in [6.45, 7) is 0. The summed E-state index contributed by atoms with van der Waals surface area (Å²) < 4.78 is 0. The molecule has 3 aromatic carbocycles. The topological polar surface area (TPSA) is 32.3 Å². The van der Waals surface area contributed by atoms with Crippen molar-refractivity contribution in [3.05, 3.63) is 114 Å². The predicted octanol–water partition coefficient (Wildman–Crippen LogP) is 5.24. The van der Waals surface area contributed by atoms with Crippen LogP contribution in [0.15, 0.2) is 97.1 Å². The fourth-order valence-corrected chi connectivity index (χ4v) is 2.75. The third kappa shape index (κ3) is 5.21. The van der Waals surface area contributed by atoms with Crippen molar-refractivity contribution in [2.45, 2.75) is 0 Å². The number of benzene rings is 3. The summed E-state index contributed by atoms with van der Waals surface area (Å²) in [6, 6.07) is 27.5. The molecular weight excluding hydrogens is 344 g/mol. The van der Waals surface area contributed by atoms with Crippen LogP contribution in [0.3, 0.4) is 0 Å². The van der Waals surface area contributed by atoms with Crippen molar-refractivity contribution in [3.63, 3.8) is 0 Å². The van der Waals surface area contributed by atoms with Crippen LogP contribution in [0.2, 0.25) is 0 Å². The van der Waals surface area contributed by atoms with Crippen LogP contribution in [0.25, 0.3) is 11.8 Å². The molecule has 0 aliphatic rings. The van der Waals surface area contributed by atoms with Gasteiger partial charge in [-0.3, -0.25) is 4.79 Å². The van der Waals surface area contributed by atoms with Gasteiger partial charge in [-0.1, -0.05) is 72.8 Å². The van der Waals surface area contributed by atoms with Gasteiger partial charge in [0.15, 0.2) is 0 Å². The third-order valence-electron chi connectivity index (χ3n) is 4.33. The van der Waals surface area contributed by atoms with Crippen molar-refractivity contribution < 1.29 is 4.79 Å². The number of hydrogen-bond acceptors (Lipinski definition) is 2. The van der Waals surface area contributed by atoms with E-state index >= 15 is 0 Å². The molecule has 0 aliphatic carbocycles. The van der Waals surface area contributed by atoms with E-state index in [2.05, 4.69) is 5.32 Å². The van der Waals surface area contributed by atoms with Gasteiger partial charge in [-0.2, -0.15) is 0 Å². The van der Waals surface area contributed by atoms with E-state index in [1.165, 1.54) is 0 Å². The van der Waals surface area contributed by atoms with Crippen LogP contribution in [-0.2, 0) is 0 Å². The molecule has 3 rings (SSSR count). The average Bonchev–Trinajstić information content (AvgIpc) is 2.74. The van der Waals surface area contributed by atoms with Crippen LogP contribution < -0.4 is 10.2 Å². The van der Waals surface area contributed by atoms with Crippen LogP contribution in [0.5, 0.6) is 0 Å². The summed E-state index contributed by atoms with van der Waals surface area (Å²) in [5.41, 5.74) is 4.50. The zero-order valence-corrected chi connectivity index (χ0v) is 16.2. The molecule has 0 aliphatic heterocycles. The monoisotopic (exact) mass is 368 g/mol. The molecule has 0 heterocycles. The van der Waals surface area contributed by atoms with Crippen LogP contribution >= 0.6 is 0 Å². The Labute approximate surface area is 166 Å². The second-order valence-electron chi connectivity index (χ2n) is 6.61. The Bertz CT molecular complexity index is 956. The zero-order valence-electron chi connectivity index (χ0n) is 16.2. The Kier molecular flexibility index (Phi) is 6.42. The van der Waals surface area contributed by atoms with E-state index < -0.39 is 0 Å². The quantitative estimate of drug-likeness (QED) is 0.604. The minimum Gasteiger partial charge on any atom is -0.378 e. The Morgan fingerprint density at radius 3 is 2.00 bits per heavy atom. The normalized spacial score (nSPS) is 11.4. The minimum absolute atomic E-state index is 0.131. The average molecular weight is 368 g/mol. The maximum Gasteiger partial charge on any atom is 0.255 e. The van der Waals surface area contributed by atoms with E-state index in [9.17, 15) is 4.79 Å². The Hall–Kier alpha value is -3.59. The number of allylic oxidation sites excluding steroid dienone is 2. The van der Waals surface area contributed by atoms with Crippen molar-refractivity contribution in [1.29, 1.82) is 0 Å². The third-order valence-corrected chi connectivity index (χ3v) is 4.33. The highest BCUT2D eigenvalue weighted by molar-refractivity contribution is 6.00. The molecule has 0 saturated heterocycles. The van der Waals surface area contributed by atoms with E-state index in [1.54, 1.807) is 0 Å². The van der Waals surface area contributed by atoms with E-state index in [-0.39, 0.29) is 5.91 Å². The number of anilines is 1. The predicted molar refractivity (Wildman–Crippen MR) is 118 cm³/mol. The largest absolute Gasteiger partial charge is 0.378 e. The first-order valence-corrected chi connectivity index (χ1v) is 9.21. The lowest BCUT2D eigenvalue weighted by Gasteiger charge is -2.13. The molecule has 28 heavy (non-hydrogen) atoms. The Balaban J connectivity index is 1.82. The maximum atomic E-state index is 12.8. The summed E-state index contributed by atoms with van der Waals surface area (Å²) in [7, 11) is 3.95. The van der Waals surface area contributed by atoms with Gasteiger partial charge in [0, 0.05) is 31.0 Å². The highest BCUT2D eigenvalue weighted by Gasteiger charge is 2.09. The summed E-state index contributed by atoms with van der Waals surface area (Å²) in [5, 5.41) is 3.04. The molecule has 0 radical (unpaired) electrons. The lowest BCUT2D eigenvalue weighted by atomic mass is 10.1.